The van der Waals surface area contributed by atoms with E-state index in [1.807, 2.05) is 23.8 Å². The Hall–Kier alpha value is -2.04. The maximum atomic E-state index is 11.9. The van der Waals surface area contributed by atoms with E-state index in [4.69, 9.17) is 0 Å². The highest BCUT2D eigenvalue weighted by Gasteiger charge is 2.27. The first kappa shape index (κ1) is 10.8. The molecule has 2 aromatic rings. The van der Waals surface area contributed by atoms with Crippen LogP contribution in [0.4, 0.5) is 0 Å². The average Bonchev–Trinajstić information content (AvgIpc) is 2.94. The van der Waals surface area contributed by atoms with E-state index in [0.29, 0.717) is 5.92 Å². The van der Waals surface area contributed by atoms with E-state index in [1.54, 1.807) is 0 Å². The predicted molar refractivity (Wildman–Crippen MR) is 70.9 cm³/mol. The third kappa shape index (κ3) is 1.77. The second-order valence-corrected chi connectivity index (χ2v) is 5.62. The number of rotatable bonds is 2. The lowest BCUT2D eigenvalue weighted by Gasteiger charge is -2.22. The third-order valence-corrected chi connectivity index (χ3v) is 3.89. The van der Waals surface area contributed by atoms with Crippen LogP contribution < -0.4 is 5.32 Å². The summed E-state index contributed by atoms with van der Waals surface area (Å²) in [5.41, 5.74) is 3.90. The summed E-state index contributed by atoms with van der Waals surface area (Å²) in [7, 11) is 0. The zero-order chi connectivity index (χ0) is 13.0. The molecular formula is C14H16N4O. The number of hydrogen-bond donors (Lipinski definition) is 2. The molecule has 0 bridgehead atoms. The number of amides is 1. The van der Waals surface area contributed by atoms with Crippen LogP contribution in [0.1, 0.15) is 41.9 Å². The Morgan fingerprint density at radius 1 is 1.37 bits per heavy atom. The predicted octanol–water partition coefficient (Wildman–Crippen LogP) is 1.89. The van der Waals surface area contributed by atoms with Crippen molar-refractivity contribution in [3.63, 3.8) is 0 Å². The lowest BCUT2D eigenvalue weighted by Crippen LogP contribution is -2.41. The molecule has 1 aliphatic carbocycles. The van der Waals surface area contributed by atoms with Crippen molar-refractivity contribution in [2.75, 3.05) is 0 Å². The van der Waals surface area contributed by atoms with Crippen molar-refractivity contribution in [3.05, 3.63) is 29.7 Å². The summed E-state index contributed by atoms with van der Waals surface area (Å²) in [6.07, 6.45) is 4.54. The molecule has 1 amide bonds. The van der Waals surface area contributed by atoms with Gasteiger partial charge in [0, 0.05) is 36.0 Å². The van der Waals surface area contributed by atoms with Gasteiger partial charge in [0.2, 0.25) is 0 Å². The number of carbonyl (C=O) groups is 1. The standard InChI is InChI=1S/C14H16N4O/c1-8-6-18-7-10(4-13(18)14(19)15-8)12-5-11(16-17-12)9-2-3-9/h4-5,7-9H,2-3,6H2,1H3,(H,15,19)(H,16,17)/t8-/m0/s1. The highest BCUT2D eigenvalue weighted by Crippen LogP contribution is 2.40. The fraction of sp³-hybridized carbons (Fsp3) is 0.429. The van der Waals surface area contributed by atoms with Crippen molar-refractivity contribution in [3.8, 4) is 11.3 Å². The maximum absolute atomic E-state index is 11.9. The molecular weight excluding hydrogens is 240 g/mol. The van der Waals surface area contributed by atoms with Crippen molar-refractivity contribution in [1.82, 2.24) is 20.1 Å². The molecule has 5 heteroatoms. The number of aromatic nitrogens is 3. The molecule has 1 atom stereocenters. The first-order valence-electron chi connectivity index (χ1n) is 6.77. The van der Waals surface area contributed by atoms with Crippen LogP contribution >= 0.6 is 0 Å². The van der Waals surface area contributed by atoms with Crippen molar-refractivity contribution in [2.45, 2.75) is 38.3 Å². The number of fused-ring (bicyclic) bond motifs is 1. The second-order valence-electron chi connectivity index (χ2n) is 5.62. The van der Waals surface area contributed by atoms with Crippen LogP contribution in [0, 0.1) is 0 Å². The monoisotopic (exact) mass is 256 g/mol. The fourth-order valence-corrected chi connectivity index (χ4v) is 2.72. The Morgan fingerprint density at radius 3 is 3.00 bits per heavy atom. The summed E-state index contributed by atoms with van der Waals surface area (Å²) in [6, 6.07) is 4.22. The lowest BCUT2D eigenvalue weighted by molar-refractivity contribution is 0.0906. The normalized spacial score (nSPS) is 22.2. The third-order valence-electron chi connectivity index (χ3n) is 3.89. The van der Waals surface area contributed by atoms with E-state index >= 15 is 0 Å². The molecule has 1 aliphatic heterocycles. The Morgan fingerprint density at radius 2 is 2.21 bits per heavy atom. The minimum Gasteiger partial charge on any atom is -0.347 e. The van der Waals surface area contributed by atoms with Gasteiger partial charge in [0.1, 0.15) is 5.69 Å². The number of carbonyl (C=O) groups excluding carboxylic acids is 1. The second kappa shape index (κ2) is 3.73. The molecule has 3 heterocycles. The van der Waals surface area contributed by atoms with Gasteiger partial charge < -0.3 is 9.88 Å². The van der Waals surface area contributed by atoms with E-state index in [2.05, 4.69) is 21.6 Å². The fourth-order valence-electron chi connectivity index (χ4n) is 2.72. The number of nitrogens with one attached hydrogen (secondary N) is 2. The van der Waals surface area contributed by atoms with Gasteiger partial charge in [-0.25, -0.2) is 0 Å². The van der Waals surface area contributed by atoms with Crippen LogP contribution in [0.15, 0.2) is 18.3 Å². The molecule has 5 nitrogen and oxygen atoms in total. The molecule has 0 aromatic carbocycles. The topological polar surface area (TPSA) is 62.7 Å². The molecule has 0 unspecified atom stereocenters. The summed E-state index contributed by atoms with van der Waals surface area (Å²) in [5.74, 6) is 0.671. The van der Waals surface area contributed by atoms with E-state index < -0.39 is 0 Å². The van der Waals surface area contributed by atoms with E-state index in [-0.39, 0.29) is 11.9 Å². The molecule has 0 saturated heterocycles. The first-order chi connectivity index (χ1) is 9.20. The summed E-state index contributed by atoms with van der Waals surface area (Å²) in [6.45, 7) is 2.83. The summed E-state index contributed by atoms with van der Waals surface area (Å²) < 4.78 is 2.02. The Kier molecular flexibility index (Phi) is 2.13. The molecule has 1 fully saturated rings. The van der Waals surface area contributed by atoms with E-state index in [1.165, 1.54) is 18.5 Å². The summed E-state index contributed by atoms with van der Waals surface area (Å²) >= 11 is 0. The lowest BCUT2D eigenvalue weighted by atomic mass is 10.2. The largest absolute Gasteiger partial charge is 0.347 e. The minimum absolute atomic E-state index is 0.00273. The number of aromatic amines is 1. The zero-order valence-electron chi connectivity index (χ0n) is 10.8. The van der Waals surface area contributed by atoms with E-state index in [0.717, 1.165) is 23.5 Å². The molecule has 2 aromatic heterocycles. The van der Waals surface area contributed by atoms with Crippen molar-refractivity contribution in [2.24, 2.45) is 0 Å². The highest BCUT2D eigenvalue weighted by molar-refractivity contribution is 5.95. The number of hydrogen-bond acceptors (Lipinski definition) is 2. The van der Waals surface area contributed by atoms with Crippen molar-refractivity contribution < 1.29 is 4.79 Å². The summed E-state index contributed by atoms with van der Waals surface area (Å²) in [4.78, 5) is 11.9. The van der Waals surface area contributed by atoms with E-state index in [9.17, 15) is 4.79 Å². The van der Waals surface area contributed by atoms with Gasteiger partial charge >= 0.3 is 0 Å². The molecule has 2 aliphatic rings. The Labute approximate surface area is 111 Å². The first-order valence-corrected chi connectivity index (χ1v) is 6.77. The quantitative estimate of drug-likeness (QED) is 0.861. The van der Waals surface area contributed by atoms with Gasteiger partial charge in [-0.05, 0) is 31.9 Å². The van der Waals surface area contributed by atoms with Gasteiger partial charge in [0.25, 0.3) is 5.91 Å². The van der Waals surface area contributed by atoms with Gasteiger partial charge in [0.05, 0.1) is 5.69 Å². The molecule has 0 radical (unpaired) electrons. The minimum atomic E-state index is 0.00273. The van der Waals surface area contributed by atoms with Crippen LogP contribution in [0.5, 0.6) is 0 Å². The van der Waals surface area contributed by atoms with Crippen molar-refractivity contribution >= 4 is 5.91 Å². The maximum Gasteiger partial charge on any atom is 0.268 e. The molecule has 98 valence electrons. The van der Waals surface area contributed by atoms with Crippen LogP contribution in [0.2, 0.25) is 0 Å². The molecule has 1 saturated carbocycles. The summed E-state index contributed by atoms with van der Waals surface area (Å²) in [5, 5.41) is 10.4. The van der Waals surface area contributed by atoms with Gasteiger partial charge in [-0.1, -0.05) is 0 Å². The van der Waals surface area contributed by atoms with Gasteiger partial charge in [-0.3, -0.25) is 9.89 Å². The molecule has 2 N–H and O–H groups in total. The Bertz CT molecular complexity index is 650. The van der Waals surface area contributed by atoms with Gasteiger partial charge in [0.15, 0.2) is 0 Å². The zero-order valence-corrected chi connectivity index (χ0v) is 10.8. The van der Waals surface area contributed by atoms with Crippen LogP contribution in [-0.4, -0.2) is 26.7 Å². The van der Waals surface area contributed by atoms with Crippen molar-refractivity contribution in [1.29, 1.82) is 0 Å². The van der Waals surface area contributed by atoms with Crippen LogP contribution in [0.25, 0.3) is 11.3 Å². The van der Waals surface area contributed by atoms with Gasteiger partial charge in [-0.15, -0.1) is 0 Å². The molecule has 0 spiro atoms. The highest BCUT2D eigenvalue weighted by atomic mass is 16.2. The van der Waals surface area contributed by atoms with Crippen LogP contribution in [-0.2, 0) is 6.54 Å². The Balaban J connectivity index is 1.71. The molecule has 19 heavy (non-hydrogen) atoms. The molecule has 4 rings (SSSR count). The smallest absolute Gasteiger partial charge is 0.268 e. The van der Waals surface area contributed by atoms with Gasteiger partial charge in [-0.2, -0.15) is 5.10 Å². The van der Waals surface area contributed by atoms with Crippen LogP contribution in [0.3, 0.4) is 0 Å². The number of nitrogens with zero attached hydrogens (tertiary/aromatic N) is 2. The number of H-pyrrole nitrogens is 1. The average molecular weight is 256 g/mol. The SMILES string of the molecule is C[C@H]1Cn2cc(-c3cc(C4CC4)[nH]n3)cc2C(=O)N1.